The topological polar surface area (TPSA) is 94.6 Å². The van der Waals surface area contributed by atoms with Crippen LogP contribution in [-0.4, -0.2) is 36.2 Å². The van der Waals surface area contributed by atoms with Gasteiger partial charge in [-0.2, -0.15) is 0 Å². The molecule has 0 aliphatic rings. The van der Waals surface area contributed by atoms with Crippen molar-refractivity contribution in [1.29, 1.82) is 0 Å². The molecule has 0 aliphatic carbocycles. The van der Waals surface area contributed by atoms with Crippen molar-refractivity contribution < 1.29 is 23.9 Å². The van der Waals surface area contributed by atoms with E-state index in [1.165, 1.54) is 12.3 Å². The summed E-state index contributed by atoms with van der Waals surface area (Å²) >= 11 is 0. The molecule has 1 aromatic rings. The van der Waals surface area contributed by atoms with Crippen LogP contribution in [0.2, 0.25) is 0 Å². The number of imide groups is 1. The van der Waals surface area contributed by atoms with E-state index in [4.69, 9.17) is 4.74 Å². The van der Waals surface area contributed by atoms with Gasteiger partial charge in [0, 0.05) is 11.9 Å². The fourth-order valence-corrected chi connectivity index (χ4v) is 1.12. The highest BCUT2D eigenvalue weighted by Gasteiger charge is 2.12. The fourth-order valence-electron chi connectivity index (χ4n) is 1.12. The molecule has 0 fully saturated rings. The van der Waals surface area contributed by atoms with E-state index in [1.807, 2.05) is 5.32 Å². The number of nitrogens with zero attached hydrogens (tertiary/aromatic N) is 1. The number of aryl methyl sites for hydroxylation is 1. The standard InChI is InChI=1S/C12H14N2O5/c1-3-18-12(17)14-10(15)7-19-11(16)9-5-4-8(2)13-6-9/h4-6H,3,7H2,1-2H3,(H,14,15,17). The lowest BCUT2D eigenvalue weighted by Crippen LogP contribution is -2.34. The van der Waals surface area contributed by atoms with E-state index in [-0.39, 0.29) is 12.2 Å². The van der Waals surface area contributed by atoms with Gasteiger partial charge in [0.05, 0.1) is 12.2 Å². The molecule has 0 saturated heterocycles. The number of aromatic nitrogens is 1. The molecular formula is C12H14N2O5. The average molecular weight is 266 g/mol. The predicted octanol–water partition coefficient (Wildman–Crippen LogP) is 0.820. The van der Waals surface area contributed by atoms with Gasteiger partial charge in [0.1, 0.15) is 0 Å². The van der Waals surface area contributed by atoms with Gasteiger partial charge in [-0.3, -0.25) is 15.1 Å². The molecule has 102 valence electrons. The van der Waals surface area contributed by atoms with Crippen LogP contribution in [0.4, 0.5) is 4.79 Å². The summed E-state index contributed by atoms with van der Waals surface area (Å²) in [6.07, 6.45) is 0.474. The Morgan fingerprint density at radius 2 is 2.00 bits per heavy atom. The lowest BCUT2D eigenvalue weighted by Gasteiger charge is -2.05. The summed E-state index contributed by atoms with van der Waals surface area (Å²) in [5.74, 6) is -1.45. The van der Waals surface area contributed by atoms with E-state index in [2.05, 4.69) is 9.72 Å². The van der Waals surface area contributed by atoms with Crippen molar-refractivity contribution >= 4 is 18.0 Å². The summed E-state index contributed by atoms with van der Waals surface area (Å²) in [5, 5.41) is 1.90. The van der Waals surface area contributed by atoms with Crippen LogP contribution in [0.1, 0.15) is 23.0 Å². The zero-order chi connectivity index (χ0) is 14.3. The van der Waals surface area contributed by atoms with E-state index in [9.17, 15) is 14.4 Å². The Hall–Kier alpha value is -2.44. The van der Waals surface area contributed by atoms with Crippen LogP contribution in [0.3, 0.4) is 0 Å². The number of carbonyl (C=O) groups excluding carboxylic acids is 3. The van der Waals surface area contributed by atoms with Gasteiger partial charge in [0.15, 0.2) is 6.61 Å². The molecule has 0 spiro atoms. The Balaban J connectivity index is 2.40. The van der Waals surface area contributed by atoms with Crippen molar-refractivity contribution in [2.45, 2.75) is 13.8 Å². The molecule has 0 unspecified atom stereocenters. The maximum absolute atomic E-state index is 11.5. The van der Waals surface area contributed by atoms with Crippen molar-refractivity contribution in [1.82, 2.24) is 10.3 Å². The molecule has 2 amide bonds. The third-order valence-corrected chi connectivity index (χ3v) is 2.00. The van der Waals surface area contributed by atoms with Crippen molar-refractivity contribution in [3.8, 4) is 0 Å². The van der Waals surface area contributed by atoms with E-state index in [0.29, 0.717) is 0 Å². The Morgan fingerprint density at radius 1 is 1.26 bits per heavy atom. The molecule has 7 nitrogen and oxygen atoms in total. The SMILES string of the molecule is CCOC(=O)NC(=O)COC(=O)c1ccc(C)nc1. The molecule has 1 aromatic heterocycles. The second-order valence-corrected chi connectivity index (χ2v) is 3.53. The van der Waals surface area contributed by atoms with E-state index < -0.39 is 24.6 Å². The Labute approximate surface area is 109 Å². The maximum Gasteiger partial charge on any atom is 0.413 e. The van der Waals surface area contributed by atoms with Gasteiger partial charge in [-0.15, -0.1) is 0 Å². The van der Waals surface area contributed by atoms with E-state index >= 15 is 0 Å². The molecule has 7 heteroatoms. The normalized spacial score (nSPS) is 9.58. The number of ether oxygens (including phenoxy) is 2. The minimum absolute atomic E-state index is 0.147. The van der Waals surface area contributed by atoms with Crippen LogP contribution >= 0.6 is 0 Å². The van der Waals surface area contributed by atoms with Crippen molar-refractivity contribution in [3.63, 3.8) is 0 Å². The summed E-state index contributed by atoms with van der Waals surface area (Å²) in [4.78, 5) is 37.6. The third-order valence-electron chi connectivity index (χ3n) is 2.00. The first kappa shape index (κ1) is 14.6. The summed E-state index contributed by atoms with van der Waals surface area (Å²) in [5.41, 5.74) is 0.992. The van der Waals surface area contributed by atoms with Crippen molar-refractivity contribution in [3.05, 3.63) is 29.6 Å². The number of carbonyl (C=O) groups is 3. The molecule has 0 bridgehead atoms. The van der Waals surface area contributed by atoms with Crippen LogP contribution in [-0.2, 0) is 14.3 Å². The molecule has 0 atom stereocenters. The van der Waals surface area contributed by atoms with Crippen LogP contribution in [0.5, 0.6) is 0 Å². The number of nitrogens with one attached hydrogen (secondary N) is 1. The molecule has 19 heavy (non-hydrogen) atoms. The largest absolute Gasteiger partial charge is 0.452 e. The highest BCUT2D eigenvalue weighted by atomic mass is 16.6. The Kier molecular flexibility index (Phi) is 5.46. The van der Waals surface area contributed by atoms with Gasteiger partial charge in [-0.1, -0.05) is 0 Å². The molecular weight excluding hydrogens is 252 g/mol. The quantitative estimate of drug-likeness (QED) is 0.811. The number of esters is 1. The average Bonchev–Trinajstić information content (AvgIpc) is 2.37. The van der Waals surface area contributed by atoms with Crippen LogP contribution in [0.25, 0.3) is 0 Å². The zero-order valence-corrected chi connectivity index (χ0v) is 10.6. The van der Waals surface area contributed by atoms with Crippen LogP contribution < -0.4 is 5.32 Å². The third kappa shape index (κ3) is 5.15. The Bertz CT molecular complexity index is 470. The first-order valence-electron chi connectivity index (χ1n) is 5.59. The summed E-state index contributed by atoms with van der Waals surface area (Å²) in [7, 11) is 0. The molecule has 0 aromatic carbocycles. The number of amides is 2. The fraction of sp³-hybridized carbons (Fsp3) is 0.333. The molecule has 0 aliphatic heterocycles. The van der Waals surface area contributed by atoms with Crippen molar-refractivity contribution in [2.24, 2.45) is 0 Å². The first-order valence-corrected chi connectivity index (χ1v) is 5.59. The van der Waals surface area contributed by atoms with Crippen molar-refractivity contribution in [2.75, 3.05) is 13.2 Å². The summed E-state index contributed by atoms with van der Waals surface area (Å²) < 4.78 is 9.21. The van der Waals surface area contributed by atoms with Gasteiger partial charge in [0.25, 0.3) is 5.91 Å². The highest BCUT2D eigenvalue weighted by molar-refractivity contribution is 5.95. The van der Waals surface area contributed by atoms with Gasteiger partial charge in [-0.25, -0.2) is 9.59 Å². The second kappa shape index (κ2) is 7.10. The van der Waals surface area contributed by atoms with E-state index in [0.717, 1.165) is 5.69 Å². The lowest BCUT2D eigenvalue weighted by atomic mass is 10.2. The van der Waals surface area contributed by atoms with Gasteiger partial charge >= 0.3 is 12.1 Å². The molecule has 0 radical (unpaired) electrons. The number of hydrogen-bond donors (Lipinski definition) is 1. The summed E-state index contributed by atoms with van der Waals surface area (Å²) in [6, 6.07) is 3.18. The smallest absolute Gasteiger partial charge is 0.413 e. The minimum Gasteiger partial charge on any atom is -0.452 e. The molecule has 1 rings (SSSR count). The monoisotopic (exact) mass is 266 g/mol. The lowest BCUT2D eigenvalue weighted by molar-refractivity contribution is -0.123. The number of rotatable bonds is 4. The van der Waals surface area contributed by atoms with Crippen LogP contribution in [0.15, 0.2) is 18.3 Å². The number of alkyl carbamates (subject to hydrolysis) is 1. The van der Waals surface area contributed by atoms with Gasteiger partial charge < -0.3 is 9.47 Å². The number of hydrogen-bond acceptors (Lipinski definition) is 6. The molecule has 0 saturated carbocycles. The zero-order valence-electron chi connectivity index (χ0n) is 10.6. The molecule has 1 heterocycles. The Morgan fingerprint density at radius 3 is 2.58 bits per heavy atom. The van der Waals surface area contributed by atoms with Gasteiger partial charge in [-0.05, 0) is 26.0 Å². The van der Waals surface area contributed by atoms with E-state index in [1.54, 1.807) is 19.9 Å². The van der Waals surface area contributed by atoms with Gasteiger partial charge in [0.2, 0.25) is 0 Å². The number of pyridine rings is 1. The van der Waals surface area contributed by atoms with Crippen LogP contribution in [0, 0.1) is 6.92 Å². The first-order chi connectivity index (χ1) is 9.02. The molecule has 1 N–H and O–H groups in total. The maximum atomic E-state index is 11.5. The summed E-state index contributed by atoms with van der Waals surface area (Å²) in [6.45, 7) is 2.97. The second-order valence-electron chi connectivity index (χ2n) is 3.53. The highest BCUT2D eigenvalue weighted by Crippen LogP contribution is 2.01. The predicted molar refractivity (Wildman–Crippen MR) is 64.4 cm³/mol. The minimum atomic E-state index is -0.874.